The second-order valence-corrected chi connectivity index (χ2v) is 7.06. The molecule has 134 valence electrons. The molecule has 2 fully saturated rings. The summed E-state index contributed by atoms with van der Waals surface area (Å²) in [6.45, 7) is 4.44. The van der Waals surface area contributed by atoms with Gasteiger partial charge in [0.05, 0.1) is 12.8 Å². The molecule has 1 aromatic carbocycles. The summed E-state index contributed by atoms with van der Waals surface area (Å²) in [4.78, 5) is 4.38. The summed E-state index contributed by atoms with van der Waals surface area (Å²) in [6.07, 6.45) is 8.25. The highest BCUT2D eigenvalue weighted by atomic mass is 19.1. The smallest absolute Gasteiger partial charge is 0.167 e. The average molecular weight is 338 g/mol. The SMILES string of the molecule is COc1cc(F)c(N2CCN(CCCC3CCCC3)CC2)cc1F. The number of anilines is 1. The van der Waals surface area contributed by atoms with E-state index in [1.54, 1.807) is 0 Å². The van der Waals surface area contributed by atoms with Crippen molar-refractivity contribution in [3.05, 3.63) is 23.8 Å². The Morgan fingerprint density at radius 2 is 1.75 bits per heavy atom. The Balaban J connectivity index is 1.47. The van der Waals surface area contributed by atoms with Gasteiger partial charge in [0.15, 0.2) is 11.6 Å². The van der Waals surface area contributed by atoms with Crippen molar-refractivity contribution in [2.24, 2.45) is 5.92 Å². The molecule has 1 heterocycles. The molecule has 0 amide bonds. The van der Waals surface area contributed by atoms with E-state index in [0.29, 0.717) is 5.69 Å². The molecule has 0 radical (unpaired) electrons. The molecule has 3 rings (SSSR count). The lowest BCUT2D eigenvalue weighted by atomic mass is 10.0. The number of benzene rings is 1. The third kappa shape index (κ3) is 4.18. The Bertz CT molecular complexity index is 538. The van der Waals surface area contributed by atoms with Crippen molar-refractivity contribution < 1.29 is 13.5 Å². The molecule has 3 nitrogen and oxygen atoms in total. The Morgan fingerprint density at radius 1 is 1.04 bits per heavy atom. The highest BCUT2D eigenvalue weighted by molar-refractivity contribution is 5.51. The Hall–Kier alpha value is -1.36. The van der Waals surface area contributed by atoms with E-state index in [0.717, 1.165) is 44.7 Å². The topological polar surface area (TPSA) is 15.7 Å². The van der Waals surface area contributed by atoms with E-state index in [4.69, 9.17) is 4.74 Å². The summed E-state index contributed by atoms with van der Waals surface area (Å²) in [5, 5.41) is 0. The van der Waals surface area contributed by atoms with Crippen LogP contribution in [0.4, 0.5) is 14.5 Å². The predicted molar refractivity (Wildman–Crippen MR) is 92.8 cm³/mol. The third-order valence-electron chi connectivity index (χ3n) is 5.50. The monoisotopic (exact) mass is 338 g/mol. The quantitative estimate of drug-likeness (QED) is 0.778. The van der Waals surface area contributed by atoms with Gasteiger partial charge >= 0.3 is 0 Å². The standard InChI is InChI=1S/C19H28F2N2O/c1-24-19-14-16(20)18(13-17(19)21)23-11-9-22(10-12-23)8-4-7-15-5-2-3-6-15/h13-15H,2-12H2,1H3. The Labute approximate surface area is 143 Å². The largest absolute Gasteiger partial charge is 0.494 e. The summed E-state index contributed by atoms with van der Waals surface area (Å²) in [5.41, 5.74) is 0.346. The van der Waals surface area contributed by atoms with Crippen LogP contribution in [0.25, 0.3) is 0 Å². The van der Waals surface area contributed by atoms with Crippen molar-refractivity contribution in [1.82, 2.24) is 4.90 Å². The first-order valence-corrected chi connectivity index (χ1v) is 9.17. The van der Waals surface area contributed by atoms with Gasteiger partial charge in [-0.1, -0.05) is 25.7 Å². The van der Waals surface area contributed by atoms with Crippen molar-refractivity contribution >= 4 is 5.69 Å². The average Bonchev–Trinajstić information content (AvgIpc) is 3.11. The molecular weight excluding hydrogens is 310 g/mol. The maximum absolute atomic E-state index is 14.2. The van der Waals surface area contributed by atoms with E-state index in [1.165, 1.54) is 51.7 Å². The van der Waals surface area contributed by atoms with Crippen LogP contribution < -0.4 is 9.64 Å². The van der Waals surface area contributed by atoms with Gasteiger partial charge in [-0.3, -0.25) is 4.90 Å². The van der Waals surface area contributed by atoms with Gasteiger partial charge in [0.25, 0.3) is 0 Å². The molecule has 1 saturated heterocycles. The summed E-state index contributed by atoms with van der Waals surface area (Å²) in [5.74, 6) is -0.0136. The van der Waals surface area contributed by atoms with Gasteiger partial charge in [0.2, 0.25) is 0 Å². The fraction of sp³-hybridized carbons (Fsp3) is 0.684. The lowest BCUT2D eigenvalue weighted by Gasteiger charge is -2.36. The number of methoxy groups -OCH3 is 1. The van der Waals surface area contributed by atoms with Gasteiger partial charge in [-0.25, -0.2) is 8.78 Å². The van der Waals surface area contributed by atoms with Crippen LogP contribution in [0, 0.1) is 17.6 Å². The molecule has 1 saturated carbocycles. The number of halogens is 2. The fourth-order valence-corrected chi connectivity index (χ4v) is 4.03. The molecule has 1 aliphatic carbocycles. The maximum Gasteiger partial charge on any atom is 0.167 e. The van der Waals surface area contributed by atoms with E-state index in [2.05, 4.69) is 4.90 Å². The lowest BCUT2D eigenvalue weighted by Crippen LogP contribution is -2.47. The molecule has 0 spiro atoms. The molecule has 1 aliphatic heterocycles. The minimum atomic E-state index is -0.507. The number of piperazine rings is 1. The second-order valence-electron chi connectivity index (χ2n) is 7.06. The minimum Gasteiger partial charge on any atom is -0.494 e. The number of nitrogens with zero attached hydrogens (tertiary/aromatic N) is 2. The molecule has 0 N–H and O–H groups in total. The van der Waals surface area contributed by atoms with E-state index in [1.807, 2.05) is 4.90 Å². The van der Waals surface area contributed by atoms with Crippen molar-refractivity contribution in [1.29, 1.82) is 0 Å². The van der Waals surface area contributed by atoms with Crippen LogP contribution in [0.15, 0.2) is 12.1 Å². The predicted octanol–water partition coefficient (Wildman–Crippen LogP) is 4.07. The number of hydrogen-bond acceptors (Lipinski definition) is 3. The molecule has 0 bridgehead atoms. The zero-order valence-electron chi connectivity index (χ0n) is 14.6. The van der Waals surface area contributed by atoms with Crippen LogP contribution in [0.1, 0.15) is 38.5 Å². The van der Waals surface area contributed by atoms with Crippen molar-refractivity contribution in [2.75, 3.05) is 44.7 Å². The van der Waals surface area contributed by atoms with Crippen LogP contribution in [0.3, 0.4) is 0 Å². The van der Waals surface area contributed by atoms with Crippen LogP contribution in [-0.4, -0.2) is 44.7 Å². The van der Waals surface area contributed by atoms with Crippen LogP contribution in [0.5, 0.6) is 5.75 Å². The van der Waals surface area contributed by atoms with E-state index in [-0.39, 0.29) is 5.75 Å². The minimum absolute atomic E-state index is 0.0400. The van der Waals surface area contributed by atoms with E-state index >= 15 is 0 Å². The lowest BCUT2D eigenvalue weighted by molar-refractivity contribution is 0.246. The second kappa shape index (κ2) is 8.15. The first-order chi connectivity index (χ1) is 11.7. The van der Waals surface area contributed by atoms with Gasteiger partial charge in [0, 0.05) is 38.3 Å². The van der Waals surface area contributed by atoms with Gasteiger partial charge in [0.1, 0.15) is 5.82 Å². The first-order valence-electron chi connectivity index (χ1n) is 9.17. The van der Waals surface area contributed by atoms with Crippen LogP contribution in [-0.2, 0) is 0 Å². The highest BCUT2D eigenvalue weighted by Crippen LogP contribution is 2.29. The summed E-state index contributed by atoms with van der Waals surface area (Å²) in [6, 6.07) is 2.39. The number of hydrogen-bond donors (Lipinski definition) is 0. The van der Waals surface area contributed by atoms with Crippen molar-refractivity contribution in [3.63, 3.8) is 0 Å². The molecule has 0 atom stereocenters. The summed E-state index contributed by atoms with van der Waals surface area (Å²) < 4.78 is 32.8. The van der Waals surface area contributed by atoms with Crippen LogP contribution >= 0.6 is 0 Å². The summed E-state index contributed by atoms with van der Waals surface area (Å²) >= 11 is 0. The normalized spacial score (nSPS) is 19.9. The van der Waals surface area contributed by atoms with Gasteiger partial charge in [-0.05, 0) is 25.3 Å². The van der Waals surface area contributed by atoms with Gasteiger partial charge in [-0.15, -0.1) is 0 Å². The van der Waals surface area contributed by atoms with Crippen LogP contribution in [0.2, 0.25) is 0 Å². The Kier molecular flexibility index (Phi) is 5.93. The maximum atomic E-state index is 14.2. The van der Waals surface area contributed by atoms with E-state index in [9.17, 15) is 8.78 Å². The number of ether oxygens (including phenoxy) is 1. The molecule has 5 heteroatoms. The van der Waals surface area contributed by atoms with Crippen molar-refractivity contribution in [2.45, 2.75) is 38.5 Å². The first kappa shape index (κ1) is 17.5. The Morgan fingerprint density at radius 3 is 2.42 bits per heavy atom. The fourth-order valence-electron chi connectivity index (χ4n) is 4.03. The highest BCUT2D eigenvalue weighted by Gasteiger charge is 2.22. The molecule has 1 aromatic rings. The molecule has 24 heavy (non-hydrogen) atoms. The zero-order chi connectivity index (χ0) is 16.9. The van der Waals surface area contributed by atoms with Gasteiger partial charge in [-0.2, -0.15) is 0 Å². The molecule has 2 aliphatic rings. The van der Waals surface area contributed by atoms with E-state index < -0.39 is 11.6 Å². The molecule has 0 unspecified atom stereocenters. The molecule has 0 aromatic heterocycles. The molecular formula is C19H28F2N2O. The van der Waals surface area contributed by atoms with Gasteiger partial charge < -0.3 is 9.64 Å². The van der Waals surface area contributed by atoms with Crippen molar-refractivity contribution in [3.8, 4) is 5.75 Å². The number of rotatable bonds is 6. The zero-order valence-corrected chi connectivity index (χ0v) is 14.6. The third-order valence-corrected chi connectivity index (χ3v) is 5.50. The summed E-state index contributed by atoms with van der Waals surface area (Å²) in [7, 11) is 1.35.